The predicted molar refractivity (Wildman–Crippen MR) is 72.0 cm³/mol. The number of nitrogens with two attached hydrogens (primary N) is 1. The lowest BCUT2D eigenvalue weighted by Gasteiger charge is -2.04. The summed E-state index contributed by atoms with van der Waals surface area (Å²) in [6.07, 6.45) is 1.79. The molecule has 17 heavy (non-hydrogen) atoms. The van der Waals surface area contributed by atoms with Gasteiger partial charge in [-0.1, -0.05) is 23.5 Å². The lowest BCUT2D eigenvalue weighted by Crippen LogP contribution is -1.91. The monoisotopic (exact) mass is 241 g/mol. The van der Waals surface area contributed by atoms with E-state index in [0.717, 1.165) is 32.2 Å². The molecule has 0 atom stereocenters. The van der Waals surface area contributed by atoms with Gasteiger partial charge in [-0.25, -0.2) is 9.97 Å². The van der Waals surface area contributed by atoms with Gasteiger partial charge in [0.15, 0.2) is 0 Å². The molecule has 84 valence electrons. The summed E-state index contributed by atoms with van der Waals surface area (Å²) in [6.45, 7) is 2.02. The largest absolute Gasteiger partial charge is 0.398 e. The first-order valence-electron chi connectivity index (χ1n) is 5.33. The number of aromatic nitrogens is 2. The van der Waals surface area contributed by atoms with Gasteiger partial charge < -0.3 is 5.73 Å². The van der Waals surface area contributed by atoms with Crippen LogP contribution < -0.4 is 5.73 Å². The molecule has 2 N–H and O–H groups in total. The van der Waals surface area contributed by atoms with E-state index in [1.807, 2.05) is 37.3 Å². The minimum Gasteiger partial charge on any atom is -0.398 e. The van der Waals surface area contributed by atoms with Gasteiger partial charge in [0.25, 0.3) is 0 Å². The second kappa shape index (κ2) is 3.82. The Bertz CT molecular complexity index is 655. The molecule has 0 bridgehead atoms. The van der Waals surface area contributed by atoms with E-state index in [2.05, 4.69) is 9.97 Å². The third-order valence-electron chi connectivity index (χ3n) is 2.77. The van der Waals surface area contributed by atoms with Crippen LogP contribution in [0.3, 0.4) is 0 Å². The number of rotatable bonds is 1. The first-order valence-corrected chi connectivity index (χ1v) is 6.14. The Kier molecular flexibility index (Phi) is 2.30. The molecule has 0 saturated carbocycles. The van der Waals surface area contributed by atoms with Gasteiger partial charge in [0.1, 0.15) is 15.4 Å². The molecule has 0 fully saturated rings. The van der Waals surface area contributed by atoms with Crippen LogP contribution in [0.1, 0.15) is 5.56 Å². The van der Waals surface area contributed by atoms with E-state index in [0.29, 0.717) is 0 Å². The van der Waals surface area contributed by atoms with Gasteiger partial charge in [-0.15, -0.1) is 0 Å². The summed E-state index contributed by atoms with van der Waals surface area (Å²) in [7, 11) is 0. The second-order valence-electron chi connectivity index (χ2n) is 3.87. The summed E-state index contributed by atoms with van der Waals surface area (Å²) < 4.78 is 0. The summed E-state index contributed by atoms with van der Waals surface area (Å²) in [4.78, 5) is 9.85. The van der Waals surface area contributed by atoms with Crippen molar-refractivity contribution in [2.45, 2.75) is 6.92 Å². The first-order chi connectivity index (χ1) is 8.25. The summed E-state index contributed by atoms with van der Waals surface area (Å²) >= 11 is 1.60. The van der Waals surface area contributed by atoms with Crippen LogP contribution in [0.2, 0.25) is 0 Å². The molecule has 0 aliphatic carbocycles. The number of fused-ring (bicyclic) bond motifs is 1. The highest BCUT2D eigenvalue weighted by atomic mass is 32.1. The topological polar surface area (TPSA) is 51.8 Å². The van der Waals surface area contributed by atoms with E-state index in [1.165, 1.54) is 0 Å². The number of nitrogens with zero attached hydrogens (tertiary/aromatic N) is 2. The zero-order chi connectivity index (χ0) is 11.8. The highest BCUT2D eigenvalue weighted by Gasteiger charge is 2.09. The van der Waals surface area contributed by atoms with Gasteiger partial charge in [-0.2, -0.15) is 0 Å². The fraction of sp³-hybridized carbons (Fsp3) is 0.0769. The third-order valence-corrected chi connectivity index (χ3v) is 3.78. The standard InChI is InChI=1S/C13H11N3S/c1-8-9(4-2-5-10(8)14)12-16-11-6-3-7-15-13(11)17-12/h2-7H,14H2,1H3. The molecule has 2 aromatic heterocycles. The maximum atomic E-state index is 5.91. The molecule has 0 amide bonds. The van der Waals surface area contributed by atoms with Crippen LogP contribution in [0.25, 0.3) is 20.9 Å². The Hall–Kier alpha value is -1.94. The molecule has 3 nitrogen and oxygen atoms in total. The van der Waals surface area contributed by atoms with E-state index >= 15 is 0 Å². The fourth-order valence-corrected chi connectivity index (χ4v) is 2.76. The number of nitrogen functional groups attached to an aromatic ring is 1. The molecule has 1 aromatic carbocycles. The third kappa shape index (κ3) is 1.66. The van der Waals surface area contributed by atoms with Crippen LogP contribution >= 0.6 is 11.3 Å². The maximum Gasteiger partial charge on any atom is 0.143 e. The summed E-state index contributed by atoms with van der Waals surface area (Å²) in [5.41, 5.74) is 9.82. The second-order valence-corrected chi connectivity index (χ2v) is 4.84. The van der Waals surface area contributed by atoms with E-state index in [4.69, 9.17) is 5.73 Å². The van der Waals surface area contributed by atoms with Crippen molar-refractivity contribution >= 4 is 27.4 Å². The number of anilines is 1. The smallest absolute Gasteiger partial charge is 0.143 e. The molecule has 0 aliphatic rings. The van der Waals surface area contributed by atoms with Crippen LogP contribution in [-0.4, -0.2) is 9.97 Å². The lowest BCUT2D eigenvalue weighted by atomic mass is 10.1. The van der Waals surface area contributed by atoms with Gasteiger partial charge in [0, 0.05) is 17.4 Å². The minimum absolute atomic E-state index is 0.801. The zero-order valence-corrected chi connectivity index (χ0v) is 10.2. The van der Waals surface area contributed by atoms with Crippen molar-refractivity contribution in [1.82, 2.24) is 9.97 Å². The zero-order valence-electron chi connectivity index (χ0n) is 9.34. The minimum atomic E-state index is 0.801. The van der Waals surface area contributed by atoms with Crippen molar-refractivity contribution in [3.8, 4) is 10.6 Å². The molecule has 3 rings (SSSR count). The molecule has 0 unspecified atom stereocenters. The van der Waals surface area contributed by atoms with Crippen molar-refractivity contribution < 1.29 is 0 Å². The number of pyridine rings is 1. The molecule has 0 radical (unpaired) electrons. The average Bonchev–Trinajstić information content (AvgIpc) is 2.76. The SMILES string of the molecule is Cc1c(N)cccc1-c1nc2cccnc2s1. The van der Waals surface area contributed by atoms with Crippen LogP contribution in [0.5, 0.6) is 0 Å². The van der Waals surface area contributed by atoms with E-state index in [9.17, 15) is 0 Å². The summed E-state index contributed by atoms with van der Waals surface area (Å²) in [5, 5.41) is 0.975. The Balaban J connectivity index is 2.24. The normalized spacial score (nSPS) is 10.9. The Morgan fingerprint density at radius 2 is 2.06 bits per heavy atom. The van der Waals surface area contributed by atoms with Gasteiger partial charge in [0.2, 0.25) is 0 Å². The lowest BCUT2D eigenvalue weighted by molar-refractivity contribution is 1.39. The van der Waals surface area contributed by atoms with Crippen LogP contribution in [0, 0.1) is 6.92 Å². The first kappa shape index (κ1) is 10.2. The van der Waals surface area contributed by atoms with E-state index in [1.54, 1.807) is 17.5 Å². The maximum absolute atomic E-state index is 5.91. The predicted octanol–water partition coefficient (Wildman–Crippen LogP) is 3.25. The van der Waals surface area contributed by atoms with E-state index < -0.39 is 0 Å². The number of thiazole rings is 1. The van der Waals surface area contributed by atoms with Gasteiger partial charge in [-0.3, -0.25) is 0 Å². The van der Waals surface area contributed by atoms with Crippen molar-refractivity contribution in [2.24, 2.45) is 0 Å². The van der Waals surface area contributed by atoms with Gasteiger partial charge in [0.05, 0.1) is 0 Å². The van der Waals surface area contributed by atoms with Crippen LogP contribution in [0.4, 0.5) is 5.69 Å². The number of hydrogen-bond donors (Lipinski definition) is 1. The molecule has 3 aromatic rings. The quantitative estimate of drug-likeness (QED) is 0.665. The van der Waals surface area contributed by atoms with Crippen molar-refractivity contribution in [3.63, 3.8) is 0 Å². The molecule has 0 saturated heterocycles. The van der Waals surface area contributed by atoms with Crippen LogP contribution in [-0.2, 0) is 0 Å². The van der Waals surface area contributed by atoms with Crippen molar-refractivity contribution in [3.05, 3.63) is 42.1 Å². The van der Waals surface area contributed by atoms with Gasteiger partial charge >= 0.3 is 0 Å². The Labute approximate surface area is 103 Å². The molecule has 0 spiro atoms. The number of benzene rings is 1. The molecule has 2 heterocycles. The van der Waals surface area contributed by atoms with Gasteiger partial charge in [-0.05, 0) is 30.7 Å². The number of hydrogen-bond acceptors (Lipinski definition) is 4. The van der Waals surface area contributed by atoms with Crippen molar-refractivity contribution in [1.29, 1.82) is 0 Å². The Morgan fingerprint density at radius 1 is 1.18 bits per heavy atom. The van der Waals surface area contributed by atoms with Crippen LogP contribution in [0.15, 0.2) is 36.5 Å². The average molecular weight is 241 g/mol. The highest BCUT2D eigenvalue weighted by molar-refractivity contribution is 7.21. The Morgan fingerprint density at radius 3 is 2.88 bits per heavy atom. The summed E-state index contributed by atoms with van der Waals surface area (Å²) in [6, 6.07) is 9.78. The van der Waals surface area contributed by atoms with E-state index in [-0.39, 0.29) is 0 Å². The van der Waals surface area contributed by atoms with Crippen molar-refractivity contribution in [2.75, 3.05) is 5.73 Å². The summed E-state index contributed by atoms with van der Waals surface area (Å²) in [5.74, 6) is 0. The molecule has 4 heteroatoms. The highest BCUT2D eigenvalue weighted by Crippen LogP contribution is 2.32. The molecule has 0 aliphatic heterocycles. The fourth-order valence-electron chi connectivity index (χ4n) is 1.77. The molecular weight excluding hydrogens is 230 g/mol. The molecular formula is C13H11N3S.